The highest BCUT2D eigenvalue weighted by molar-refractivity contribution is 5.93. The lowest BCUT2D eigenvalue weighted by molar-refractivity contribution is 0.579. The summed E-state index contributed by atoms with van der Waals surface area (Å²) in [5, 5.41) is 0. The molecule has 0 bridgehead atoms. The zero-order valence-corrected chi connectivity index (χ0v) is 24.3. The summed E-state index contributed by atoms with van der Waals surface area (Å²) < 4.78 is 0. The van der Waals surface area contributed by atoms with Crippen molar-refractivity contribution in [2.24, 2.45) is 0 Å². The number of fused-ring (bicyclic) bond motifs is 16. The maximum absolute atomic E-state index is 2.56. The van der Waals surface area contributed by atoms with Gasteiger partial charge in [-0.2, -0.15) is 0 Å². The van der Waals surface area contributed by atoms with Crippen LogP contribution in [-0.4, -0.2) is 0 Å². The van der Waals surface area contributed by atoms with Gasteiger partial charge < -0.3 is 0 Å². The van der Waals surface area contributed by atoms with Crippen molar-refractivity contribution in [1.82, 2.24) is 0 Å². The minimum atomic E-state index is -0.405. The van der Waals surface area contributed by atoms with E-state index in [-0.39, 0.29) is 5.41 Å². The standard InChI is InChI=1S/C42H32/c1-40(2,3)27-24-25-38-39(26-27)42(34-20-10-6-16-30(34)31-17-7-11-21-35(31)42)37-23-13-12-22-36(37)41(38)32-18-8-4-14-28(32)29-15-5-9-19-33(29)41/h4-26H,1-3H3. The van der Waals surface area contributed by atoms with Crippen LogP contribution in [0.1, 0.15) is 70.8 Å². The van der Waals surface area contributed by atoms with Crippen LogP contribution in [0, 0.1) is 0 Å². The highest BCUT2D eigenvalue weighted by Crippen LogP contribution is 2.67. The highest BCUT2D eigenvalue weighted by atomic mass is 14.6. The van der Waals surface area contributed by atoms with Crippen molar-refractivity contribution in [3.05, 3.63) is 190 Å². The summed E-state index contributed by atoms with van der Waals surface area (Å²) in [7, 11) is 0. The second kappa shape index (κ2) is 7.99. The van der Waals surface area contributed by atoms with E-state index in [1.165, 1.54) is 72.3 Å². The van der Waals surface area contributed by atoms with E-state index in [0.29, 0.717) is 0 Å². The van der Waals surface area contributed by atoms with Gasteiger partial charge in [-0.1, -0.05) is 160 Å². The molecule has 0 saturated carbocycles. The van der Waals surface area contributed by atoms with Crippen LogP contribution in [0.4, 0.5) is 0 Å². The van der Waals surface area contributed by atoms with Crippen LogP contribution in [0.15, 0.2) is 140 Å². The lowest BCUT2D eigenvalue weighted by Gasteiger charge is -2.49. The molecular formula is C42H32. The summed E-state index contributed by atoms with van der Waals surface area (Å²) in [5.74, 6) is 0. The van der Waals surface area contributed by atoms with Gasteiger partial charge in [0.15, 0.2) is 0 Å². The molecule has 3 aliphatic rings. The second-order valence-corrected chi connectivity index (χ2v) is 13.2. The molecule has 3 aliphatic carbocycles. The van der Waals surface area contributed by atoms with E-state index < -0.39 is 10.8 Å². The molecule has 0 aliphatic heterocycles. The van der Waals surface area contributed by atoms with E-state index in [9.17, 15) is 0 Å². The lowest BCUT2D eigenvalue weighted by atomic mass is 9.52. The third-order valence-corrected chi connectivity index (χ3v) is 10.3. The predicted octanol–water partition coefficient (Wildman–Crippen LogP) is 10.0. The van der Waals surface area contributed by atoms with Crippen LogP contribution >= 0.6 is 0 Å². The molecule has 6 aromatic rings. The second-order valence-electron chi connectivity index (χ2n) is 13.2. The van der Waals surface area contributed by atoms with Crippen LogP contribution in [0.5, 0.6) is 0 Å². The van der Waals surface area contributed by atoms with Crippen molar-refractivity contribution in [2.75, 3.05) is 0 Å². The van der Waals surface area contributed by atoms with Crippen LogP contribution in [0.3, 0.4) is 0 Å². The Bertz CT molecular complexity index is 1990. The number of rotatable bonds is 0. The summed E-state index contributed by atoms with van der Waals surface area (Å²) in [4.78, 5) is 0. The van der Waals surface area contributed by atoms with E-state index in [1.807, 2.05) is 0 Å². The lowest BCUT2D eigenvalue weighted by Crippen LogP contribution is -2.44. The highest BCUT2D eigenvalue weighted by Gasteiger charge is 2.58. The summed E-state index contributed by atoms with van der Waals surface area (Å²) in [5.41, 5.74) is 17.1. The van der Waals surface area contributed by atoms with Gasteiger partial charge in [-0.05, 0) is 77.7 Å². The Morgan fingerprint density at radius 2 is 0.643 bits per heavy atom. The predicted molar refractivity (Wildman–Crippen MR) is 173 cm³/mol. The fraction of sp³-hybridized carbons (Fsp3) is 0.143. The minimum Gasteiger partial charge on any atom is -0.0619 e. The van der Waals surface area contributed by atoms with Crippen molar-refractivity contribution in [2.45, 2.75) is 37.0 Å². The quantitative estimate of drug-likeness (QED) is 0.181. The molecule has 9 rings (SSSR count). The van der Waals surface area contributed by atoms with Gasteiger partial charge in [-0.3, -0.25) is 0 Å². The smallest absolute Gasteiger partial charge is 0.0619 e. The largest absolute Gasteiger partial charge is 0.0720 e. The zero-order valence-electron chi connectivity index (χ0n) is 24.3. The van der Waals surface area contributed by atoms with Crippen molar-refractivity contribution >= 4 is 0 Å². The Labute approximate surface area is 248 Å². The number of hydrogen-bond acceptors (Lipinski definition) is 0. The molecule has 0 saturated heterocycles. The van der Waals surface area contributed by atoms with E-state index in [0.717, 1.165) is 0 Å². The molecule has 0 heteroatoms. The fourth-order valence-electron chi connectivity index (χ4n) is 8.71. The van der Waals surface area contributed by atoms with E-state index >= 15 is 0 Å². The Morgan fingerprint density at radius 3 is 1.02 bits per heavy atom. The van der Waals surface area contributed by atoms with Gasteiger partial charge >= 0.3 is 0 Å². The number of hydrogen-bond donors (Lipinski definition) is 0. The van der Waals surface area contributed by atoms with Crippen molar-refractivity contribution in [3.63, 3.8) is 0 Å². The normalized spacial score (nSPS) is 15.9. The molecule has 0 atom stereocenters. The van der Waals surface area contributed by atoms with Crippen molar-refractivity contribution in [3.8, 4) is 22.3 Å². The maximum atomic E-state index is 2.56. The first kappa shape index (κ1) is 24.0. The summed E-state index contributed by atoms with van der Waals surface area (Å²) in [6, 6.07) is 53.3. The van der Waals surface area contributed by atoms with Crippen molar-refractivity contribution < 1.29 is 0 Å². The molecule has 0 amide bonds. The molecular weight excluding hydrogens is 504 g/mol. The van der Waals surface area contributed by atoms with Gasteiger partial charge in [-0.25, -0.2) is 0 Å². The van der Waals surface area contributed by atoms with Crippen LogP contribution in [-0.2, 0) is 16.2 Å². The monoisotopic (exact) mass is 536 g/mol. The van der Waals surface area contributed by atoms with Crippen LogP contribution in [0.25, 0.3) is 22.3 Å². The van der Waals surface area contributed by atoms with Crippen LogP contribution in [0.2, 0.25) is 0 Å². The Morgan fingerprint density at radius 1 is 0.333 bits per heavy atom. The molecule has 0 fully saturated rings. The molecule has 0 aromatic heterocycles. The average Bonchev–Trinajstić information content (AvgIpc) is 3.49. The molecule has 0 heterocycles. The first-order valence-corrected chi connectivity index (χ1v) is 15.1. The summed E-state index contributed by atoms with van der Waals surface area (Å²) in [6.45, 7) is 7.01. The van der Waals surface area contributed by atoms with Gasteiger partial charge in [0, 0.05) is 0 Å². The van der Waals surface area contributed by atoms with E-state index in [1.54, 1.807) is 0 Å². The van der Waals surface area contributed by atoms with Gasteiger partial charge in [0.05, 0.1) is 10.8 Å². The molecule has 6 aromatic carbocycles. The van der Waals surface area contributed by atoms with Gasteiger partial charge in [0.1, 0.15) is 0 Å². The maximum Gasteiger partial charge on any atom is 0.0720 e. The van der Waals surface area contributed by atoms with E-state index in [2.05, 4.69) is 160 Å². The Balaban J connectivity index is 1.55. The molecule has 2 spiro atoms. The number of benzene rings is 6. The van der Waals surface area contributed by atoms with Crippen LogP contribution < -0.4 is 0 Å². The third kappa shape index (κ3) is 2.65. The van der Waals surface area contributed by atoms with Gasteiger partial charge in [-0.15, -0.1) is 0 Å². The molecule has 200 valence electrons. The summed E-state index contributed by atoms with van der Waals surface area (Å²) in [6.07, 6.45) is 0. The first-order valence-electron chi connectivity index (χ1n) is 15.1. The minimum absolute atomic E-state index is 0.0173. The van der Waals surface area contributed by atoms with E-state index in [4.69, 9.17) is 0 Å². The first-order chi connectivity index (χ1) is 20.5. The Hall–Kier alpha value is -4.68. The molecule has 42 heavy (non-hydrogen) atoms. The molecule has 0 nitrogen and oxygen atoms in total. The topological polar surface area (TPSA) is 0 Å². The van der Waals surface area contributed by atoms with Gasteiger partial charge in [0.2, 0.25) is 0 Å². The average molecular weight is 537 g/mol. The molecule has 0 N–H and O–H groups in total. The van der Waals surface area contributed by atoms with Crippen molar-refractivity contribution in [1.29, 1.82) is 0 Å². The molecule has 0 unspecified atom stereocenters. The molecule has 0 radical (unpaired) electrons. The Kier molecular flexibility index (Phi) is 4.56. The van der Waals surface area contributed by atoms with Gasteiger partial charge in [0.25, 0.3) is 0 Å². The third-order valence-electron chi connectivity index (χ3n) is 10.3. The fourth-order valence-corrected chi connectivity index (χ4v) is 8.71. The zero-order chi connectivity index (χ0) is 28.3. The summed E-state index contributed by atoms with van der Waals surface area (Å²) >= 11 is 0. The SMILES string of the molecule is CC(C)(C)c1ccc2c(c1)C1(c3ccccc3-c3ccccc31)c1ccccc1C21c2ccccc2-c2ccccc21.